The quantitative estimate of drug-likeness (QED) is 0.876. The van der Waals surface area contributed by atoms with Crippen molar-refractivity contribution in [3.05, 3.63) is 35.9 Å². The number of benzene rings is 1. The first-order valence-electron chi connectivity index (χ1n) is 8.27. The van der Waals surface area contributed by atoms with Gasteiger partial charge in [0.2, 0.25) is 0 Å². The highest BCUT2D eigenvalue weighted by atomic mass is 16.4. The molecule has 0 radical (unpaired) electrons. The van der Waals surface area contributed by atoms with E-state index in [9.17, 15) is 4.79 Å². The Morgan fingerprint density at radius 3 is 2.65 bits per heavy atom. The minimum absolute atomic E-state index is 0.0788. The lowest BCUT2D eigenvalue weighted by Crippen LogP contribution is -2.47. The molecule has 0 unspecified atom stereocenters. The minimum atomic E-state index is -0.852. The summed E-state index contributed by atoms with van der Waals surface area (Å²) in [5.74, 6) is 0.578. The molecule has 23 heavy (non-hydrogen) atoms. The number of nitriles is 1. The van der Waals surface area contributed by atoms with Crippen LogP contribution in [0, 0.1) is 16.7 Å². The molecule has 2 aliphatic rings. The molecule has 1 aliphatic heterocycles. The molecule has 2 fully saturated rings. The Morgan fingerprint density at radius 2 is 2.04 bits per heavy atom. The van der Waals surface area contributed by atoms with Crippen LogP contribution in [0.2, 0.25) is 0 Å². The maximum Gasteiger partial charge on any atom is 0.407 e. The lowest BCUT2D eigenvalue weighted by Gasteiger charge is -2.39. The first-order chi connectivity index (χ1) is 11.1. The van der Waals surface area contributed by atoms with Crippen LogP contribution in [0.25, 0.3) is 0 Å². The highest BCUT2D eigenvalue weighted by Crippen LogP contribution is 2.42. The van der Waals surface area contributed by atoms with Gasteiger partial charge in [-0.25, -0.2) is 4.79 Å². The van der Waals surface area contributed by atoms with Crippen molar-refractivity contribution in [3.63, 3.8) is 0 Å². The predicted octanol–water partition coefficient (Wildman–Crippen LogP) is 2.81. The minimum Gasteiger partial charge on any atom is -0.465 e. The summed E-state index contributed by atoms with van der Waals surface area (Å²) >= 11 is 0. The van der Waals surface area contributed by atoms with Crippen LogP contribution < -0.4 is 5.32 Å². The number of nitrogens with one attached hydrogen (secondary N) is 1. The molecule has 122 valence electrons. The number of rotatable bonds is 5. The van der Waals surface area contributed by atoms with Crippen LogP contribution in [0.5, 0.6) is 0 Å². The number of carbonyl (C=O) groups is 1. The summed E-state index contributed by atoms with van der Waals surface area (Å²) in [5.41, 5.74) is 1.30. The van der Waals surface area contributed by atoms with Crippen molar-refractivity contribution in [3.8, 4) is 6.07 Å². The van der Waals surface area contributed by atoms with Gasteiger partial charge in [-0.05, 0) is 30.2 Å². The van der Waals surface area contributed by atoms with E-state index < -0.39 is 6.09 Å². The third-order valence-electron chi connectivity index (χ3n) is 5.31. The highest BCUT2D eigenvalue weighted by molar-refractivity contribution is 5.65. The van der Waals surface area contributed by atoms with Crippen LogP contribution in [-0.4, -0.2) is 41.8 Å². The molecule has 0 bridgehead atoms. The Hall–Kier alpha value is -2.06. The second-order valence-corrected chi connectivity index (χ2v) is 6.84. The van der Waals surface area contributed by atoms with Crippen LogP contribution in [-0.2, 0) is 0 Å². The van der Waals surface area contributed by atoms with Gasteiger partial charge in [0, 0.05) is 38.0 Å². The molecule has 5 nitrogen and oxygen atoms in total. The Morgan fingerprint density at radius 1 is 1.35 bits per heavy atom. The smallest absolute Gasteiger partial charge is 0.407 e. The molecule has 0 aromatic heterocycles. The third kappa shape index (κ3) is 3.65. The van der Waals surface area contributed by atoms with Gasteiger partial charge >= 0.3 is 6.09 Å². The molecule has 1 saturated carbocycles. The summed E-state index contributed by atoms with van der Waals surface area (Å²) in [7, 11) is 0. The average Bonchev–Trinajstić information content (AvgIpc) is 3.34. The topological polar surface area (TPSA) is 76.4 Å². The second kappa shape index (κ2) is 6.59. The SMILES string of the molecule is N#CCC1(CN[C@@H]2C[C@H]2c2ccccc2)CCN(C(=O)O)CC1. The van der Waals surface area contributed by atoms with Crippen molar-refractivity contribution >= 4 is 6.09 Å². The van der Waals surface area contributed by atoms with Gasteiger partial charge in [-0.2, -0.15) is 5.26 Å². The van der Waals surface area contributed by atoms with E-state index in [1.807, 2.05) is 6.07 Å². The fraction of sp³-hybridized carbons (Fsp3) is 0.556. The van der Waals surface area contributed by atoms with Crippen LogP contribution in [0.15, 0.2) is 30.3 Å². The predicted molar refractivity (Wildman–Crippen MR) is 87.1 cm³/mol. The molecule has 3 rings (SSSR count). The molecule has 1 amide bonds. The van der Waals surface area contributed by atoms with Gasteiger partial charge in [-0.1, -0.05) is 30.3 Å². The van der Waals surface area contributed by atoms with Gasteiger partial charge in [0.15, 0.2) is 0 Å². The van der Waals surface area contributed by atoms with Gasteiger partial charge in [-0.15, -0.1) is 0 Å². The molecule has 1 aromatic rings. The van der Waals surface area contributed by atoms with Crippen molar-refractivity contribution < 1.29 is 9.90 Å². The number of piperidine rings is 1. The molecule has 1 saturated heterocycles. The summed E-state index contributed by atoms with van der Waals surface area (Å²) in [4.78, 5) is 12.5. The lowest BCUT2D eigenvalue weighted by atomic mass is 9.76. The largest absolute Gasteiger partial charge is 0.465 e. The van der Waals surface area contributed by atoms with Crippen molar-refractivity contribution in [2.24, 2.45) is 5.41 Å². The number of amides is 1. The van der Waals surface area contributed by atoms with Crippen molar-refractivity contribution in [1.29, 1.82) is 5.26 Å². The van der Waals surface area contributed by atoms with Gasteiger partial charge in [0.05, 0.1) is 6.07 Å². The van der Waals surface area contributed by atoms with Gasteiger partial charge < -0.3 is 15.3 Å². The van der Waals surface area contributed by atoms with Gasteiger partial charge in [-0.3, -0.25) is 0 Å². The number of nitrogens with zero attached hydrogens (tertiary/aromatic N) is 2. The van der Waals surface area contributed by atoms with Gasteiger partial charge in [0.25, 0.3) is 0 Å². The molecule has 1 aromatic carbocycles. The standard InChI is InChI=1S/C18H23N3O2/c19-9-6-18(7-10-21(11-8-18)17(22)23)13-20-16-12-15(16)14-4-2-1-3-5-14/h1-5,15-16,20H,6-8,10-13H2,(H,22,23)/t15-,16+/m0/s1. The molecular formula is C18H23N3O2. The van der Waals surface area contributed by atoms with E-state index in [2.05, 4.69) is 35.7 Å². The zero-order valence-electron chi connectivity index (χ0n) is 13.2. The normalized spacial score (nSPS) is 25.6. The van der Waals surface area contributed by atoms with E-state index in [4.69, 9.17) is 10.4 Å². The van der Waals surface area contributed by atoms with Crippen LogP contribution in [0.3, 0.4) is 0 Å². The molecule has 1 aliphatic carbocycles. The van der Waals surface area contributed by atoms with E-state index >= 15 is 0 Å². The zero-order valence-corrected chi connectivity index (χ0v) is 13.2. The van der Waals surface area contributed by atoms with Crippen molar-refractivity contribution in [2.75, 3.05) is 19.6 Å². The van der Waals surface area contributed by atoms with Crippen molar-refractivity contribution in [2.45, 2.75) is 37.6 Å². The summed E-state index contributed by atoms with van der Waals surface area (Å²) < 4.78 is 0. The molecule has 0 spiro atoms. The maximum atomic E-state index is 11.0. The number of carboxylic acid groups (broad SMARTS) is 1. The first-order valence-corrected chi connectivity index (χ1v) is 8.27. The Bertz CT molecular complexity index is 588. The van der Waals surface area contributed by atoms with Crippen LogP contribution in [0.1, 0.15) is 37.2 Å². The van der Waals surface area contributed by atoms with E-state index in [1.165, 1.54) is 10.5 Å². The number of likely N-dealkylation sites (tertiary alicyclic amines) is 1. The Kier molecular flexibility index (Phi) is 4.53. The molecule has 1 heterocycles. The fourth-order valence-corrected chi connectivity index (χ4v) is 3.59. The molecular weight excluding hydrogens is 290 g/mol. The summed E-state index contributed by atoms with van der Waals surface area (Å²) in [6.07, 6.45) is 2.32. The molecule has 5 heteroatoms. The molecule has 2 atom stereocenters. The number of hydrogen-bond donors (Lipinski definition) is 2. The zero-order chi connectivity index (χ0) is 16.3. The monoisotopic (exact) mass is 313 g/mol. The maximum absolute atomic E-state index is 11.0. The highest BCUT2D eigenvalue weighted by Gasteiger charge is 2.41. The number of hydrogen-bond acceptors (Lipinski definition) is 3. The molecule has 2 N–H and O–H groups in total. The summed E-state index contributed by atoms with van der Waals surface area (Å²) in [6, 6.07) is 13.3. The lowest BCUT2D eigenvalue weighted by molar-refractivity contribution is 0.0899. The third-order valence-corrected chi connectivity index (χ3v) is 5.31. The van der Waals surface area contributed by atoms with Gasteiger partial charge in [0.1, 0.15) is 0 Å². The summed E-state index contributed by atoms with van der Waals surface area (Å²) in [6.45, 7) is 1.87. The van der Waals surface area contributed by atoms with E-state index in [0.717, 1.165) is 25.8 Å². The van der Waals surface area contributed by atoms with Crippen molar-refractivity contribution in [1.82, 2.24) is 10.2 Å². The van der Waals surface area contributed by atoms with E-state index in [-0.39, 0.29) is 5.41 Å². The van der Waals surface area contributed by atoms with Crippen LogP contribution in [0.4, 0.5) is 4.79 Å². The summed E-state index contributed by atoms with van der Waals surface area (Å²) in [5, 5.41) is 21.9. The Balaban J connectivity index is 1.53. The second-order valence-electron chi connectivity index (χ2n) is 6.84. The Labute approximate surface area is 136 Å². The average molecular weight is 313 g/mol. The van der Waals surface area contributed by atoms with E-state index in [0.29, 0.717) is 31.5 Å². The first kappa shape index (κ1) is 15.8. The fourth-order valence-electron chi connectivity index (χ4n) is 3.59. The van der Waals surface area contributed by atoms with E-state index in [1.54, 1.807) is 0 Å². The van der Waals surface area contributed by atoms with Crippen LogP contribution >= 0.6 is 0 Å².